The number of rotatable bonds is 8. The third kappa shape index (κ3) is 5.12. The van der Waals surface area contributed by atoms with E-state index in [1.807, 2.05) is 19.9 Å². The van der Waals surface area contributed by atoms with Gasteiger partial charge in [0.2, 0.25) is 11.8 Å². The number of halogens is 1. The molecule has 2 heterocycles. The summed E-state index contributed by atoms with van der Waals surface area (Å²) in [6.07, 6.45) is 4.92. The molecule has 0 atom stereocenters. The molecule has 0 aliphatic heterocycles. The first-order chi connectivity index (χ1) is 14.4. The van der Waals surface area contributed by atoms with E-state index in [2.05, 4.69) is 32.2 Å². The number of hydrogen-bond acceptors (Lipinski definition) is 7. The van der Waals surface area contributed by atoms with Gasteiger partial charge in [0.05, 0.1) is 12.8 Å². The average molecular weight is 424 g/mol. The number of carbonyl (C=O) groups is 1. The summed E-state index contributed by atoms with van der Waals surface area (Å²) in [6, 6.07) is 7.12. The first-order valence-electron chi connectivity index (χ1n) is 9.21. The number of nitrogens with zero attached hydrogens (tertiary/aromatic N) is 3. The van der Waals surface area contributed by atoms with Crippen LogP contribution in [0, 0.1) is 13.8 Å². The van der Waals surface area contributed by atoms with Gasteiger partial charge in [-0.25, -0.2) is 9.97 Å². The monoisotopic (exact) mass is 423 g/mol. The molecular formula is C22H22ClN5O2. The predicted octanol–water partition coefficient (Wildman–Crippen LogP) is 4.94. The molecule has 3 aromatic rings. The summed E-state index contributed by atoms with van der Waals surface area (Å²) < 4.78 is 5.18. The number of anilines is 4. The first-order valence-corrected chi connectivity index (χ1v) is 9.59. The van der Waals surface area contributed by atoms with Crippen LogP contribution in [0.2, 0.25) is 5.02 Å². The number of ether oxygens (including phenoxy) is 1. The van der Waals surface area contributed by atoms with Crippen LogP contribution in [0.3, 0.4) is 0 Å². The molecule has 0 radical (unpaired) electrons. The van der Waals surface area contributed by atoms with E-state index in [0.717, 1.165) is 28.1 Å². The molecule has 0 saturated heterocycles. The molecule has 0 aliphatic rings. The van der Waals surface area contributed by atoms with Crippen molar-refractivity contribution in [2.45, 2.75) is 20.3 Å². The summed E-state index contributed by atoms with van der Waals surface area (Å²) in [6.45, 7) is 7.36. The maximum atomic E-state index is 11.9. The van der Waals surface area contributed by atoms with E-state index in [-0.39, 0.29) is 12.2 Å². The molecule has 7 nitrogen and oxygen atoms in total. The third-order valence-electron chi connectivity index (χ3n) is 4.42. The molecule has 0 aliphatic carbocycles. The highest BCUT2D eigenvalue weighted by molar-refractivity contribution is 6.30. The van der Waals surface area contributed by atoms with E-state index >= 15 is 0 Å². The van der Waals surface area contributed by atoms with Crippen LogP contribution in [0.1, 0.15) is 16.7 Å². The van der Waals surface area contributed by atoms with Crippen LogP contribution in [0.15, 0.2) is 49.3 Å². The van der Waals surface area contributed by atoms with Crippen LogP contribution in [-0.2, 0) is 11.2 Å². The van der Waals surface area contributed by atoms with Gasteiger partial charge in [0.1, 0.15) is 5.82 Å². The Kier molecular flexibility index (Phi) is 6.64. The largest absolute Gasteiger partial charge is 0.481 e. The van der Waals surface area contributed by atoms with Crippen molar-refractivity contribution in [3.05, 3.63) is 71.0 Å². The van der Waals surface area contributed by atoms with Crippen molar-refractivity contribution in [1.82, 2.24) is 15.0 Å². The SMILES string of the molecule is C=CC(=O)Cc1cc(Cl)ccc1Nc1nc(Nc2cc(OC)ncc2C)ncc1C. The zero-order valence-electron chi connectivity index (χ0n) is 17.0. The Bertz CT molecular complexity index is 1100. The second-order valence-corrected chi connectivity index (χ2v) is 7.10. The fraction of sp³-hybridized carbons (Fsp3) is 0.182. The Labute approximate surface area is 180 Å². The molecule has 8 heteroatoms. The van der Waals surface area contributed by atoms with Gasteiger partial charge in [-0.3, -0.25) is 4.79 Å². The summed E-state index contributed by atoms with van der Waals surface area (Å²) in [5.74, 6) is 1.42. The lowest BCUT2D eigenvalue weighted by atomic mass is 10.1. The maximum absolute atomic E-state index is 11.9. The Balaban J connectivity index is 1.90. The van der Waals surface area contributed by atoms with Gasteiger partial charge < -0.3 is 15.4 Å². The van der Waals surface area contributed by atoms with Crippen molar-refractivity contribution < 1.29 is 9.53 Å². The van der Waals surface area contributed by atoms with E-state index in [4.69, 9.17) is 16.3 Å². The van der Waals surface area contributed by atoms with Crippen molar-refractivity contribution in [2.75, 3.05) is 17.7 Å². The molecular weight excluding hydrogens is 402 g/mol. The van der Waals surface area contributed by atoms with Gasteiger partial charge in [-0.1, -0.05) is 18.2 Å². The Morgan fingerprint density at radius 2 is 1.90 bits per heavy atom. The Morgan fingerprint density at radius 1 is 1.13 bits per heavy atom. The number of benzene rings is 1. The van der Waals surface area contributed by atoms with E-state index in [0.29, 0.717) is 22.7 Å². The van der Waals surface area contributed by atoms with E-state index in [1.165, 1.54) is 6.08 Å². The van der Waals surface area contributed by atoms with E-state index in [1.54, 1.807) is 37.7 Å². The zero-order chi connectivity index (χ0) is 21.7. The van der Waals surface area contributed by atoms with Crippen LogP contribution in [0.4, 0.5) is 23.1 Å². The van der Waals surface area contributed by atoms with Gasteiger partial charge in [-0.15, -0.1) is 0 Å². The molecule has 0 fully saturated rings. The maximum Gasteiger partial charge on any atom is 0.229 e. The number of hydrogen-bond donors (Lipinski definition) is 2. The highest BCUT2D eigenvalue weighted by atomic mass is 35.5. The van der Waals surface area contributed by atoms with Crippen LogP contribution >= 0.6 is 11.6 Å². The summed E-state index contributed by atoms with van der Waals surface area (Å²) in [5, 5.41) is 7.03. The Hall–Kier alpha value is -3.45. The molecule has 0 bridgehead atoms. The summed E-state index contributed by atoms with van der Waals surface area (Å²) in [4.78, 5) is 25.0. The lowest BCUT2D eigenvalue weighted by molar-refractivity contribution is -0.114. The zero-order valence-corrected chi connectivity index (χ0v) is 17.7. The van der Waals surface area contributed by atoms with Gasteiger partial charge in [0, 0.05) is 41.2 Å². The topological polar surface area (TPSA) is 89.0 Å². The molecule has 0 amide bonds. The summed E-state index contributed by atoms with van der Waals surface area (Å²) >= 11 is 6.12. The van der Waals surface area contributed by atoms with Crippen molar-refractivity contribution in [3.8, 4) is 5.88 Å². The van der Waals surface area contributed by atoms with Gasteiger partial charge in [0.25, 0.3) is 0 Å². The predicted molar refractivity (Wildman–Crippen MR) is 119 cm³/mol. The highest BCUT2D eigenvalue weighted by Crippen LogP contribution is 2.27. The fourth-order valence-corrected chi connectivity index (χ4v) is 2.91. The van der Waals surface area contributed by atoms with Crippen molar-refractivity contribution in [2.24, 2.45) is 0 Å². The van der Waals surface area contributed by atoms with Crippen LogP contribution in [0.5, 0.6) is 5.88 Å². The number of nitrogens with one attached hydrogen (secondary N) is 2. The lowest BCUT2D eigenvalue weighted by Crippen LogP contribution is -2.06. The normalized spacial score (nSPS) is 10.4. The summed E-state index contributed by atoms with van der Waals surface area (Å²) in [7, 11) is 1.56. The first kappa shape index (κ1) is 21.3. The smallest absolute Gasteiger partial charge is 0.229 e. The summed E-state index contributed by atoms with van der Waals surface area (Å²) in [5.41, 5.74) is 4.07. The number of aryl methyl sites for hydroxylation is 2. The second kappa shape index (κ2) is 9.37. The van der Waals surface area contributed by atoms with Crippen LogP contribution < -0.4 is 15.4 Å². The number of ketones is 1. The molecule has 0 unspecified atom stereocenters. The van der Waals surface area contributed by atoms with Crippen LogP contribution in [-0.4, -0.2) is 27.8 Å². The molecule has 2 N–H and O–H groups in total. The van der Waals surface area contributed by atoms with Crippen LogP contribution in [0.25, 0.3) is 0 Å². The minimum Gasteiger partial charge on any atom is -0.481 e. The number of methoxy groups -OCH3 is 1. The third-order valence-corrected chi connectivity index (χ3v) is 4.65. The number of pyridine rings is 1. The van der Waals surface area contributed by atoms with Gasteiger partial charge in [-0.2, -0.15) is 4.98 Å². The highest BCUT2D eigenvalue weighted by Gasteiger charge is 2.11. The molecule has 154 valence electrons. The quantitative estimate of drug-likeness (QED) is 0.496. The van der Waals surface area contributed by atoms with E-state index in [9.17, 15) is 4.79 Å². The lowest BCUT2D eigenvalue weighted by Gasteiger charge is -2.15. The number of aromatic nitrogens is 3. The molecule has 2 aromatic heterocycles. The minimum atomic E-state index is -0.0933. The Morgan fingerprint density at radius 3 is 2.63 bits per heavy atom. The standard InChI is InChI=1S/C22H22ClN5O2/c1-5-17(29)9-15-8-16(23)6-7-18(15)26-21-14(3)12-25-22(28-21)27-19-10-20(30-4)24-11-13(19)2/h5-8,10-12H,1,9H2,2-4H3,(H2,24,25,26,27,28). The number of carbonyl (C=O) groups excluding carboxylic acids is 1. The van der Waals surface area contributed by atoms with E-state index < -0.39 is 0 Å². The van der Waals surface area contributed by atoms with Gasteiger partial charge >= 0.3 is 0 Å². The number of allylic oxidation sites excluding steroid dienone is 1. The fourth-order valence-electron chi connectivity index (χ4n) is 2.72. The average Bonchev–Trinajstić information content (AvgIpc) is 2.73. The van der Waals surface area contributed by atoms with Gasteiger partial charge in [0.15, 0.2) is 5.78 Å². The van der Waals surface area contributed by atoms with Gasteiger partial charge in [-0.05, 0) is 49.2 Å². The van der Waals surface area contributed by atoms with Crippen molar-refractivity contribution in [3.63, 3.8) is 0 Å². The second-order valence-electron chi connectivity index (χ2n) is 6.67. The minimum absolute atomic E-state index is 0.0933. The molecule has 0 spiro atoms. The molecule has 30 heavy (non-hydrogen) atoms. The molecule has 1 aromatic carbocycles. The van der Waals surface area contributed by atoms with Crippen molar-refractivity contribution >= 4 is 40.5 Å². The van der Waals surface area contributed by atoms with Crippen molar-refractivity contribution in [1.29, 1.82) is 0 Å². The molecule has 3 rings (SSSR count). The molecule has 0 saturated carbocycles.